The monoisotopic (exact) mass is 491 g/mol. The van der Waals surface area contributed by atoms with E-state index < -0.39 is 0 Å². The first-order valence-corrected chi connectivity index (χ1v) is 12.2. The summed E-state index contributed by atoms with van der Waals surface area (Å²) in [6.45, 7) is 3.25. The molecule has 1 unspecified atom stereocenters. The van der Waals surface area contributed by atoms with Gasteiger partial charge in [0, 0.05) is 48.8 Å². The fourth-order valence-electron chi connectivity index (χ4n) is 3.96. The van der Waals surface area contributed by atoms with Gasteiger partial charge in [0.25, 0.3) is 5.91 Å². The lowest BCUT2D eigenvalue weighted by Crippen LogP contribution is -2.18. The lowest BCUT2D eigenvalue weighted by molar-refractivity contribution is 0.0916. The molecule has 0 fully saturated rings. The third-order valence-electron chi connectivity index (χ3n) is 5.49. The molecular formula is C25H25N5O4S. The van der Waals surface area contributed by atoms with Gasteiger partial charge >= 0.3 is 0 Å². The molecule has 0 aliphatic carbocycles. The number of aromatic nitrogens is 4. The maximum absolute atomic E-state index is 12.9. The Kier molecular flexibility index (Phi) is 6.73. The normalized spacial score (nSPS) is 13.3. The molecule has 1 atom stereocenters. The number of carbonyl (C=O) groups is 1. The second-order valence-corrected chi connectivity index (χ2v) is 9.08. The zero-order chi connectivity index (χ0) is 24.2. The maximum Gasteiger partial charge on any atom is 0.257 e. The highest BCUT2D eigenvalue weighted by Gasteiger charge is 2.18. The van der Waals surface area contributed by atoms with E-state index >= 15 is 0 Å². The number of nitrogens with one attached hydrogen (secondary N) is 1. The first-order chi connectivity index (χ1) is 17.1. The van der Waals surface area contributed by atoms with E-state index in [-0.39, 0.29) is 12.0 Å². The van der Waals surface area contributed by atoms with Crippen molar-refractivity contribution in [2.45, 2.75) is 32.4 Å². The molecule has 180 valence electrons. The number of hydrogen-bond acceptors (Lipinski definition) is 8. The zero-order valence-electron chi connectivity index (χ0n) is 19.4. The molecule has 1 aliphatic rings. The molecule has 0 saturated carbocycles. The van der Waals surface area contributed by atoms with E-state index in [1.807, 2.05) is 31.2 Å². The van der Waals surface area contributed by atoms with Crippen LogP contribution < -0.4 is 14.8 Å². The van der Waals surface area contributed by atoms with Crippen LogP contribution in [-0.2, 0) is 17.7 Å². The number of aryl methyl sites for hydroxylation is 1. The van der Waals surface area contributed by atoms with E-state index in [4.69, 9.17) is 14.2 Å². The smallest absolute Gasteiger partial charge is 0.257 e. The number of thiazole rings is 1. The van der Waals surface area contributed by atoms with Gasteiger partial charge in [-0.15, -0.1) is 21.5 Å². The number of hydrogen-bond donors (Lipinski definition) is 1. The molecule has 5 rings (SSSR count). The summed E-state index contributed by atoms with van der Waals surface area (Å²) in [5.41, 5.74) is 1.37. The number of methoxy groups -OCH3 is 1. The van der Waals surface area contributed by atoms with Gasteiger partial charge in [-0.25, -0.2) is 4.98 Å². The van der Waals surface area contributed by atoms with E-state index in [2.05, 4.69) is 25.1 Å². The molecule has 0 spiro atoms. The zero-order valence-corrected chi connectivity index (χ0v) is 20.2. The van der Waals surface area contributed by atoms with Crippen LogP contribution in [0, 0.1) is 0 Å². The highest BCUT2D eigenvalue weighted by molar-refractivity contribution is 7.13. The second-order valence-electron chi connectivity index (χ2n) is 8.19. The Balaban J connectivity index is 1.37. The molecule has 4 aromatic rings. The van der Waals surface area contributed by atoms with E-state index in [0.717, 1.165) is 36.6 Å². The van der Waals surface area contributed by atoms with Crippen molar-refractivity contribution in [3.05, 3.63) is 65.4 Å². The lowest BCUT2D eigenvalue weighted by Gasteiger charge is -2.16. The van der Waals surface area contributed by atoms with Gasteiger partial charge in [0.05, 0.1) is 6.61 Å². The van der Waals surface area contributed by atoms with Gasteiger partial charge in [0.1, 0.15) is 29.2 Å². The molecule has 10 heteroatoms. The van der Waals surface area contributed by atoms with Gasteiger partial charge in [-0.1, -0.05) is 0 Å². The molecule has 1 amide bonds. The number of amides is 1. The Labute approximate surface area is 206 Å². The molecule has 0 radical (unpaired) electrons. The Morgan fingerprint density at radius 2 is 1.97 bits per heavy atom. The number of ether oxygens (including phenoxy) is 3. The van der Waals surface area contributed by atoms with Crippen LogP contribution in [0.15, 0.2) is 54.0 Å². The quantitative estimate of drug-likeness (QED) is 0.359. The van der Waals surface area contributed by atoms with Gasteiger partial charge in [0.15, 0.2) is 11.0 Å². The third-order valence-corrected chi connectivity index (χ3v) is 6.18. The maximum atomic E-state index is 12.9. The Morgan fingerprint density at radius 3 is 2.74 bits per heavy atom. The van der Waals surface area contributed by atoms with Crippen molar-refractivity contribution < 1.29 is 19.0 Å². The Bertz CT molecular complexity index is 1300. The molecule has 3 heterocycles. The van der Waals surface area contributed by atoms with Gasteiger partial charge < -0.3 is 18.8 Å². The van der Waals surface area contributed by atoms with Crippen molar-refractivity contribution in [2.75, 3.05) is 19.0 Å². The summed E-state index contributed by atoms with van der Waals surface area (Å²) in [6, 6.07) is 12.8. The predicted molar refractivity (Wildman–Crippen MR) is 132 cm³/mol. The highest BCUT2D eigenvalue weighted by Crippen LogP contribution is 2.31. The highest BCUT2D eigenvalue weighted by atomic mass is 32.1. The van der Waals surface area contributed by atoms with Crippen LogP contribution in [0.25, 0.3) is 11.4 Å². The molecule has 35 heavy (non-hydrogen) atoms. The standard InChI is InChI=1S/C25H25N5O4S/c1-16(15-32-2)33-20-12-18(24(31)27-25-26-9-11-35-25)13-21(14-20)34-19-7-5-17(6-8-19)23-29-28-22-4-3-10-30(22)23/h5-9,11-14,16H,3-4,10,15H2,1-2H3,(H,26,27,31). The minimum absolute atomic E-state index is 0.200. The van der Waals surface area contributed by atoms with E-state index in [1.165, 1.54) is 11.3 Å². The van der Waals surface area contributed by atoms with Crippen molar-refractivity contribution in [2.24, 2.45) is 0 Å². The molecule has 2 aromatic carbocycles. The first kappa shape index (κ1) is 23.0. The van der Waals surface area contributed by atoms with Crippen LogP contribution in [0.5, 0.6) is 17.2 Å². The van der Waals surface area contributed by atoms with Crippen LogP contribution in [0.1, 0.15) is 29.5 Å². The molecule has 1 N–H and O–H groups in total. The summed E-state index contributed by atoms with van der Waals surface area (Å²) in [6.07, 6.45) is 3.50. The fourth-order valence-corrected chi connectivity index (χ4v) is 4.48. The number of carbonyl (C=O) groups excluding carboxylic acids is 1. The number of fused-ring (bicyclic) bond motifs is 1. The van der Waals surface area contributed by atoms with Crippen molar-refractivity contribution in [1.29, 1.82) is 0 Å². The number of nitrogens with zero attached hydrogens (tertiary/aromatic N) is 4. The Morgan fingerprint density at radius 1 is 1.14 bits per heavy atom. The van der Waals surface area contributed by atoms with Gasteiger partial charge in [-0.3, -0.25) is 10.1 Å². The van der Waals surface area contributed by atoms with E-state index in [0.29, 0.717) is 34.6 Å². The lowest BCUT2D eigenvalue weighted by atomic mass is 10.1. The average molecular weight is 492 g/mol. The SMILES string of the molecule is COCC(C)Oc1cc(Oc2ccc(-c3nnc4n3CCC4)cc2)cc(C(=O)Nc2nccs2)c1. The topological polar surface area (TPSA) is 100 Å². The molecule has 0 bridgehead atoms. The predicted octanol–water partition coefficient (Wildman–Crippen LogP) is 4.81. The van der Waals surface area contributed by atoms with Crippen LogP contribution >= 0.6 is 11.3 Å². The van der Waals surface area contributed by atoms with E-state index in [1.54, 1.807) is 36.9 Å². The van der Waals surface area contributed by atoms with Gasteiger partial charge in [0.2, 0.25) is 0 Å². The van der Waals surface area contributed by atoms with Crippen LogP contribution in [0.3, 0.4) is 0 Å². The summed E-state index contributed by atoms with van der Waals surface area (Å²) < 4.78 is 19.4. The summed E-state index contributed by atoms with van der Waals surface area (Å²) in [5, 5.41) is 13.7. The molecule has 1 aliphatic heterocycles. The number of benzene rings is 2. The summed E-state index contributed by atoms with van der Waals surface area (Å²) >= 11 is 1.35. The first-order valence-electron chi connectivity index (χ1n) is 11.3. The molecule has 9 nitrogen and oxygen atoms in total. The van der Waals surface area contributed by atoms with Crippen molar-refractivity contribution in [3.63, 3.8) is 0 Å². The van der Waals surface area contributed by atoms with Crippen LogP contribution in [0.2, 0.25) is 0 Å². The number of anilines is 1. The second kappa shape index (κ2) is 10.2. The van der Waals surface area contributed by atoms with Gasteiger partial charge in [-0.2, -0.15) is 0 Å². The van der Waals surface area contributed by atoms with Crippen molar-refractivity contribution in [3.8, 4) is 28.6 Å². The van der Waals surface area contributed by atoms with Gasteiger partial charge in [-0.05, 0) is 49.7 Å². The van der Waals surface area contributed by atoms with Crippen LogP contribution in [0.4, 0.5) is 5.13 Å². The number of rotatable bonds is 9. The summed E-state index contributed by atoms with van der Waals surface area (Å²) in [7, 11) is 1.61. The molecule has 2 aromatic heterocycles. The van der Waals surface area contributed by atoms with Crippen LogP contribution in [-0.4, -0.2) is 45.5 Å². The average Bonchev–Trinajstić information content (AvgIpc) is 3.59. The van der Waals surface area contributed by atoms with Crippen molar-refractivity contribution >= 4 is 22.4 Å². The summed E-state index contributed by atoms with van der Waals surface area (Å²) in [5.74, 6) is 3.21. The minimum Gasteiger partial charge on any atom is -0.488 e. The Hall–Kier alpha value is -3.76. The van der Waals surface area contributed by atoms with Crippen molar-refractivity contribution in [1.82, 2.24) is 19.7 Å². The fraction of sp³-hybridized carbons (Fsp3) is 0.280. The largest absolute Gasteiger partial charge is 0.488 e. The van der Waals surface area contributed by atoms with E-state index in [9.17, 15) is 4.79 Å². The minimum atomic E-state index is -0.300. The third kappa shape index (κ3) is 5.33. The summed E-state index contributed by atoms with van der Waals surface area (Å²) in [4.78, 5) is 17.0. The molecular weight excluding hydrogens is 466 g/mol. The molecule has 0 saturated heterocycles.